The van der Waals surface area contributed by atoms with Gasteiger partial charge in [0.25, 0.3) is 0 Å². The van der Waals surface area contributed by atoms with Crippen LogP contribution in [0.3, 0.4) is 0 Å². The molecule has 1 aliphatic heterocycles. The van der Waals surface area contributed by atoms with Crippen LogP contribution in [0, 0.1) is 0 Å². The first-order valence-corrected chi connectivity index (χ1v) is 11.3. The molecule has 0 spiro atoms. The number of aromatic amines is 1. The Morgan fingerprint density at radius 2 is 1.94 bits per heavy atom. The van der Waals surface area contributed by atoms with Crippen molar-refractivity contribution in [3.05, 3.63) is 61.3 Å². The summed E-state index contributed by atoms with van der Waals surface area (Å²) in [5, 5.41) is 3.95. The molecule has 0 unspecified atom stereocenters. The van der Waals surface area contributed by atoms with Crippen molar-refractivity contribution < 1.29 is 14.3 Å². The molecule has 0 saturated carbocycles. The van der Waals surface area contributed by atoms with E-state index in [2.05, 4.69) is 35.6 Å². The number of ether oxygens (including phenoxy) is 1. The number of carbonyl (C=O) groups is 2. The number of hydrogen-bond acceptors (Lipinski definition) is 3. The van der Waals surface area contributed by atoms with Gasteiger partial charge in [-0.2, -0.15) is 0 Å². The smallest absolute Gasteiger partial charge is 0.408 e. The Bertz CT molecular complexity index is 972. The lowest BCUT2D eigenvalue weighted by Gasteiger charge is -2.33. The maximum absolute atomic E-state index is 13.7. The van der Waals surface area contributed by atoms with E-state index < -0.39 is 17.7 Å². The van der Waals surface area contributed by atoms with Gasteiger partial charge in [0.1, 0.15) is 11.6 Å². The van der Waals surface area contributed by atoms with Crippen LogP contribution in [0.2, 0.25) is 0 Å². The fraction of sp³-hybridized carbons (Fsp3) is 0.462. The summed E-state index contributed by atoms with van der Waals surface area (Å²) in [5.41, 5.74) is 1.66. The second-order valence-corrected chi connectivity index (χ2v) is 9.44. The van der Waals surface area contributed by atoms with E-state index in [-0.39, 0.29) is 18.0 Å². The number of hydrogen-bond donors (Lipinski definition) is 2. The molecule has 3 atom stereocenters. The highest BCUT2D eigenvalue weighted by atomic mass is 16.6. The molecular formula is C26H35N3O3. The zero-order valence-corrected chi connectivity index (χ0v) is 19.4. The van der Waals surface area contributed by atoms with Crippen LogP contribution < -0.4 is 5.32 Å². The first kappa shape index (κ1) is 23.6. The van der Waals surface area contributed by atoms with Crippen molar-refractivity contribution in [2.75, 3.05) is 0 Å². The molecule has 2 aromatic rings. The quantitative estimate of drug-likeness (QED) is 0.563. The predicted octanol–water partition coefficient (Wildman–Crippen LogP) is 5.12. The predicted molar refractivity (Wildman–Crippen MR) is 128 cm³/mol. The summed E-state index contributed by atoms with van der Waals surface area (Å²) in [5.74, 6) is -0.0926. The standard InChI is InChI=1S/C26H35N3O3/c1-6-10-19-14-15-20(16-18-17-27-22-13-9-8-12-21(18)22)29(19)24(30)23(11-7-2)28-25(31)32-26(3,4)5/h6-9,12-13,17,19-20,23,27H,1-2,10-11,14-16H2,3-5H3,(H,28,31)/t19-,20-,23-/m0/s1. The van der Waals surface area contributed by atoms with E-state index in [1.54, 1.807) is 26.8 Å². The van der Waals surface area contributed by atoms with Crippen LogP contribution in [-0.2, 0) is 16.0 Å². The van der Waals surface area contributed by atoms with Gasteiger partial charge in [-0.15, -0.1) is 13.2 Å². The van der Waals surface area contributed by atoms with Crippen LogP contribution in [0.15, 0.2) is 55.8 Å². The lowest BCUT2D eigenvalue weighted by molar-refractivity contribution is -0.136. The van der Waals surface area contributed by atoms with Gasteiger partial charge < -0.3 is 19.9 Å². The van der Waals surface area contributed by atoms with E-state index in [1.165, 1.54) is 10.9 Å². The SMILES string of the molecule is C=CC[C@H]1CC[C@@H](Cc2c[nH]c3ccccc23)N1C(=O)[C@H](CC=C)NC(=O)OC(C)(C)C. The molecule has 32 heavy (non-hydrogen) atoms. The molecule has 6 heteroatoms. The lowest BCUT2D eigenvalue weighted by atomic mass is 10.0. The summed E-state index contributed by atoms with van der Waals surface area (Å²) in [6.45, 7) is 13.1. The number of amides is 2. The first-order valence-electron chi connectivity index (χ1n) is 11.3. The molecule has 172 valence electrons. The average Bonchev–Trinajstić information content (AvgIpc) is 3.31. The van der Waals surface area contributed by atoms with Crippen molar-refractivity contribution in [3.63, 3.8) is 0 Å². The Kier molecular flexibility index (Phi) is 7.44. The number of carbonyl (C=O) groups excluding carboxylic acids is 2. The minimum absolute atomic E-state index is 0.0550. The third kappa shape index (κ3) is 5.61. The van der Waals surface area contributed by atoms with Crippen LogP contribution in [0.25, 0.3) is 10.9 Å². The summed E-state index contributed by atoms with van der Waals surface area (Å²) in [4.78, 5) is 31.4. The van der Waals surface area contributed by atoms with Crippen LogP contribution in [-0.4, -0.2) is 45.6 Å². The second kappa shape index (κ2) is 10.1. The van der Waals surface area contributed by atoms with Crippen molar-refractivity contribution >= 4 is 22.9 Å². The molecule has 1 fully saturated rings. The van der Waals surface area contributed by atoms with Gasteiger partial charge in [-0.25, -0.2) is 4.79 Å². The number of aromatic nitrogens is 1. The Labute approximate surface area is 190 Å². The molecular weight excluding hydrogens is 402 g/mol. The fourth-order valence-corrected chi connectivity index (χ4v) is 4.52. The lowest BCUT2D eigenvalue weighted by Crippen LogP contribution is -2.53. The summed E-state index contributed by atoms with van der Waals surface area (Å²) in [7, 11) is 0. The van der Waals surface area contributed by atoms with Crippen LogP contribution in [0.1, 0.15) is 52.0 Å². The molecule has 2 amide bonds. The van der Waals surface area contributed by atoms with Crippen molar-refractivity contribution in [1.29, 1.82) is 0 Å². The van der Waals surface area contributed by atoms with E-state index in [9.17, 15) is 9.59 Å². The van der Waals surface area contributed by atoms with Gasteiger partial charge >= 0.3 is 6.09 Å². The van der Waals surface area contributed by atoms with E-state index in [0.717, 1.165) is 31.2 Å². The third-order valence-corrected chi connectivity index (χ3v) is 5.84. The van der Waals surface area contributed by atoms with E-state index in [1.807, 2.05) is 29.3 Å². The highest BCUT2D eigenvalue weighted by molar-refractivity contribution is 5.87. The van der Waals surface area contributed by atoms with Gasteiger partial charge in [-0.05, 0) is 64.5 Å². The molecule has 0 bridgehead atoms. The maximum Gasteiger partial charge on any atom is 0.408 e. The summed E-state index contributed by atoms with van der Waals surface area (Å²) < 4.78 is 5.39. The van der Waals surface area contributed by atoms with Gasteiger partial charge in [-0.1, -0.05) is 30.4 Å². The summed E-state index contributed by atoms with van der Waals surface area (Å²) in [6, 6.07) is 7.62. The molecule has 1 aromatic carbocycles. The minimum Gasteiger partial charge on any atom is -0.444 e. The molecule has 0 aliphatic carbocycles. The number of nitrogens with zero attached hydrogens (tertiary/aromatic N) is 1. The number of H-pyrrole nitrogens is 1. The van der Waals surface area contributed by atoms with Crippen LogP contribution >= 0.6 is 0 Å². The molecule has 2 heterocycles. The number of nitrogens with one attached hydrogen (secondary N) is 2. The van der Waals surface area contributed by atoms with Crippen LogP contribution in [0.4, 0.5) is 4.79 Å². The zero-order chi connectivity index (χ0) is 23.3. The molecule has 1 saturated heterocycles. The highest BCUT2D eigenvalue weighted by Gasteiger charge is 2.39. The topological polar surface area (TPSA) is 74.4 Å². The number of para-hydroxylation sites is 1. The molecule has 2 N–H and O–H groups in total. The van der Waals surface area contributed by atoms with Crippen molar-refractivity contribution in [1.82, 2.24) is 15.2 Å². The summed E-state index contributed by atoms with van der Waals surface area (Å²) in [6.07, 6.45) is 8.62. The molecule has 1 aliphatic rings. The van der Waals surface area contributed by atoms with Gasteiger partial charge in [0.2, 0.25) is 5.91 Å². The fourth-order valence-electron chi connectivity index (χ4n) is 4.52. The van der Waals surface area contributed by atoms with Crippen molar-refractivity contribution in [2.24, 2.45) is 0 Å². The summed E-state index contributed by atoms with van der Waals surface area (Å²) >= 11 is 0. The zero-order valence-electron chi connectivity index (χ0n) is 19.4. The number of benzene rings is 1. The Morgan fingerprint density at radius 3 is 2.62 bits per heavy atom. The van der Waals surface area contributed by atoms with Gasteiger partial charge in [0.05, 0.1) is 0 Å². The number of fused-ring (bicyclic) bond motifs is 1. The van der Waals surface area contributed by atoms with E-state index >= 15 is 0 Å². The Hall–Kier alpha value is -3.02. The van der Waals surface area contributed by atoms with Gasteiger partial charge in [0.15, 0.2) is 0 Å². The van der Waals surface area contributed by atoms with Crippen molar-refractivity contribution in [2.45, 2.75) is 76.6 Å². The van der Waals surface area contributed by atoms with Crippen LogP contribution in [0.5, 0.6) is 0 Å². The highest BCUT2D eigenvalue weighted by Crippen LogP contribution is 2.32. The first-order chi connectivity index (χ1) is 15.2. The van der Waals surface area contributed by atoms with E-state index in [4.69, 9.17) is 4.74 Å². The molecule has 1 aromatic heterocycles. The Morgan fingerprint density at radius 1 is 1.22 bits per heavy atom. The Balaban J connectivity index is 1.82. The maximum atomic E-state index is 13.7. The largest absolute Gasteiger partial charge is 0.444 e. The third-order valence-electron chi connectivity index (χ3n) is 5.84. The number of likely N-dealkylation sites (tertiary alicyclic amines) is 1. The molecule has 0 radical (unpaired) electrons. The second-order valence-electron chi connectivity index (χ2n) is 9.44. The normalized spacial score (nSPS) is 19.5. The van der Waals surface area contributed by atoms with Gasteiger partial charge in [-0.3, -0.25) is 4.79 Å². The molecule has 6 nitrogen and oxygen atoms in total. The number of alkyl carbamates (subject to hydrolysis) is 1. The number of rotatable bonds is 8. The van der Waals surface area contributed by atoms with Gasteiger partial charge in [0, 0.05) is 29.2 Å². The van der Waals surface area contributed by atoms with E-state index in [0.29, 0.717) is 6.42 Å². The monoisotopic (exact) mass is 437 g/mol. The average molecular weight is 438 g/mol. The molecule has 3 rings (SSSR count). The minimum atomic E-state index is -0.710. The van der Waals surface area contributed by atoms with Crippen molar-refractivity contribution in [3.8, 4) is 0 Å².